The molecule has 25 heavy (non-hydrogen) atoms. The Labute approximate surface area is 161 Å². The van der Waals surface area contributed by atoms with E-state index in [0.717, 1.165) is 70.2 Å². The molecule has 3 heterocycles. The molecule has 1 N–H and O–H groups in total. The Kier molecular flexibility index (Phi) is 9.74. The zero-order valence-electron chi connectivity index (χ0n) is 14.6. The number of halogens is 2. The molecule has 0 aromatic carbocycles. The Morgan fingerprint density at radius 3 is 2.68 bits per heavy atom. The molecule has 3 rings (SSSR count). The van der Waals surface area contributed by atoms with Crippen LogP contribution in [0.15, 0.2) is 10.6 Å². The maximum absolute atomic E-state index is 12.2. The van der Waals surface area contributed by atoms with Crippen molar-refractivity contribution in [3.63, 3.8) is 0 Å². The lowest BCUT2D eigenvalue weighted by atomic mass is 10.2. The van der Waals surface area contributed by atoms with Gasteiger partial charge in [0, 0.05) is 51.9 Å². The highest BCUT2D eigenvalue weighted by Crippen LogP contribution is 2.11. The molecule has 0 bridgehead atoms. The molecule has 1 amide bonds. The fourth-order valence-electron chi connectivity index (χ4n) is 3.13. The first kappa shape index (κ1) is 22.2. The molecule has 144 valence electrons. The monoisotopic (exact) mass is 394 g/mol. The number of carbonyl (C=O) groups excluding carboxylic acids is 1. The second-order valence-electron chi connectivity index (χ2n) is 6.35. The number of hydrogen-bond donors (Lipinski definition) is 1. The van der Waals surface area contributed by atoms with E-state index in [1.807, 2.05) is 17.9 Å². The van der Waals surface area contributed by atoms with Gasteiger partial charge in [-0.2, -0.15) is 0 Å². The number of piperazine rings is 1. The average molecular weight is 395 g/mol. The van der Waals surface area contributed by atoms with Gasteiger partial charge in [-0.3, -0.25) is 9.69 Å². The van der Waals surface area contributed by atoms with Gasteiger partial charge in [0.25, 0.3) is 0 Å². The minimum atomic E-state index is 0. The van der Waals surface area contributed by atoms with Crippen LogP contribution >= 0.6 is 24.8 Å². The summed E-state index contributed by atoms with van der Waals surface area (Å²) in [5.41, 5.74) is 0.959. The van der Waals surface area contributed by atoms with Gasteiger partial charge in [-0.1, -0.05) is 5.16 Å². The number of nitrogens with zero attached hydrogens (tertiary/aromatic N) is 3. The highest BCUT2D eigenvalue weighted by atomic mass is 35.5. The molecule has 2 aliphatic heterocycles. The molecule has 1 aromatic rings. The summed E-state index contributed by atoms with van der Waals surface area (Å²) < 4.78 is 10.6. The van der Waals surface area contributed by atoms with E-state index < -0.39 is 0 Å². The van der Waals surface area contributed by atoms with E-state index in [9.17, 15) is 4.79 Å². The fourth-order valence-corrected chi connectivity index (χ4v) is 3.13. The number of carbonyl (C=O) groups is 1. The molecule has 0 radical (unpaired) electrons. The van der Waals surface area contributed by atoms with Gasteiger partial charge >= 0.3 is 0 Å². The normalized spacial score (nSPS) is 20.8. The molecule has 2 fully saturated rings. The molecule has 0 aliphatic carbocycles. The van der Waals surface area contributed by atoms with Crippen molar-refractivity contribution in [2.24, 2.45) is 0 Å². The Morgan fingerprint density at radius 1 is 1.32 bits per heavy atom. The van der Waals surface area contributed by atoms with Gasteiger partial charge in [0.1, 0.15) is 5.76 Å². The first-order valence-electron chi connectivity index (χ1n) is 8.45. The first-order valence-corrected chi connectivity index (χ1v) is 8.45. The lowest BCUT2D eigenvalue weighted by Crippen LogP contribution is -2.50. The second kappa shape index (κ2) is 11.0. The van der Waals surface area contributed by atoms with Crippen molar-refractivity contribution >= 4 is 30.7 Å². The predicted octanol–water partition coefficient (Wildman–Crippen LogP) is 1.24. The molecular weight excluding hydrogens is 367 g/mol. The molecule has 0 spiro atoms. The summed E-state index contributed by atoms with van der Waals surface area (Å²) in [4.78, 5) is 16.5. The number of hydrogen-bond acceptors (Lipinski definition) is 6. The third-order valence-electron chi connectivity index (χ3n) is 4.46. The van der Waals surface area contributed by atoms with E-state index in [1.54, 1.807) is 0 Å². The maximum Gasteiger partial charge on any atom is 0.236 e. The number of nitrogens with one attached hydrogen (secondary N) is 1. The number of aryl methyl sites for hydroxylation is 1. The van der Waals surface area contributed by atoms with Crippen LogP contribution in [0.4, 0.5) is 0 Å². The SMILES string of the molecule is Cc1cc(CN2CCN(C(=O)CNCC3CCCO3)CC2)no1.Cl.Cl. The van der Waals surface area contributed by atoms with Gasteiger partial charge in [-0.25, -0.2) is 0 Å². The largest absolute Gasteiger partial charge is 0.377 e. The lowest BCUT2D eigenvalue weighted by Gasteiger charge is -2.34. The average Bonchev–Trinajstić information content (AvgIpc) is 3.20. The number of ether oxygens (including phenoxy) is 1. The van der Waals surface area contributed by atoms with E-state index >= 15 is 0 Å². The van der Waals surface area contributed by atoms with E-state index in [1.165, 1.54) is 0 Å². The lowest BCUT2D eigenvalue weighted by molar-refractivity contribution is -0.132. The van der Waals surface area contributed by atoms with Crippen molar-refractivity contribution in [3.8, 4) is 0 Å². The van der Waals surface area contributed by atoms with E-state index in [4.69, 9.17) is 9.26 Å². The molecule has 2 aliphatic rings. The van der Waals surface area contributed by atoms with Crippen molar-refractivity contribution in [2.75, 3.05) is 45.9 Å². The van der Waals surface area contributed by atoms with Gasteiger partial charge in [-0.15, -0.1) is 24.8 Å². The smallest absolute Gasteiger partial charge is 0.236 e. The molecular formula is C16H28Cl2N4O3. The molecule has 0 saturated carbocycles. The number of aromatic nitrogens is 1. The van der Waals surface area contributed by atoms with Crippen LogP contribution in [0.1, 0.15) is 24.3 Å². The van der Waals surface area contributed by atoms with Gasteiger partial charge in [0.05, 0.1) is 18.3 Å². The number of amides is 1. The Balaban J connectivity index is 0.00000156. The fraction of sp³-hybridized carbons (Fsp3) is 0.750. The summed E-state index contributed by atoms with van der Waals surface area (Å²) in [5.74, 6) is 1.02. The summed E-state index contributed by atoms with van der Waals surface area (Å²) in [6, 6.07) is 1.96. The second-order valence-corrected chi connectivity index (χ2v) is 6.35. The van der Waals surface area contributed by atoms with E-state index in [2.05, 4.69) is 15.4 Å². The molecule has 9 heteroatoms. The quantitative estimate of drug-likeness (QED) is 0.782. The van der Waals surface area contributed by atoms with Crippen LogP contribution in [0.2, 0.25) is 0 Å². The van der Waals surface area contributed by atoms with Crippen LogP contribution in [0.5, 0.6) is 0 Å². The zero-order valence-corrected chi connectivity index (χ0v) is 16.2. The van der Waals surface area contributed by atoms with Crippen LogP contribution in [0, 0.1) is 6.92 Å². The minimum absolute atomic E-state index is 0. The topological polar surface area (TPSA) is 70.8 Å². The first-order chi connectivity index (χ1) is 11.2. The van der Waals surface area contributed by atoms with Crippen molar-refractivity contribution in [3.05, 3.63) is 17.5 Å². The molecule has 1 aromatic heterocycles. The van der Waals surface area contributed by atoms with Gasteiger partial charge in [0.15, 0.2) is 0 Å². The molecule has 1 atom stereocenters. The van der Waals surface area contributed by atoms with Crippen molar-refractivity contribution < 1.29 is 14.1 Å². The molecule has 7 nitrogen and oxygen atoms in total. The van der Waals surface area contributed by atoms with Gasteiger partial charge < -0.3 is 19.5 Å². The molecule has 1 unspecified atom stereocenters. The predicted molar refractivity (Wildman–Crippen MR) is 99.4 cm³/mol. The third-order valence-corrected chi connectivity index (χ3v) is 4.46. The van der Waals surface area contributed by atoms with Crippen molar-refractivity contribution in [1.82, 2.24) is 20.3 Å². The number of rotatable bonds is 6. The van der Waals surface area contributed by atoms with E-state index in [-0.39, 0.29) is 36.8 Å². The standard InChI is InChI=1S/C16H26N4O3.2ClH/c1-13-9-14(18-23-13)12-19-4-6-20(7-5-19)16(21)11-17-10-15-3-2-8-22-15;;/h9,15,17H,2-8,10-12H2,1H3;2*1H. The van der Waals surface area contributed by atoms with Crippen molar-refractivity contribution in [2.45, 2.75) is 32.4 Å². The Morgan fingerprint density at radius 2 is 2.08 bits per heavy atom. The summed E-state index contributed by atoms with van der Waals surface area (Å²) in [6.07, 6.45) is 2.51. The molecule has 2 saturated heterocycles. The van der Waals surface area contributed by atoms with Gasteiger partial charge in [-0.05, 0) is 19.8 Å². The van der Waals surface area contributed by atoms with Crippen LogP contribution in [0.3, 0.4) is 0 Å². The van der Waals surface area contributed by atoms with Crippen LogP contribution < -0.4 is 5.32 Å². The van der Waals surface area contributed by atoms with Crippen LogP contribution in [-0.2, 0) is 16.1 Å². The highest BCUT2D eigenvalue weighted by molar-refractivity contribution is 5.85. The van der Waals surface area contributed by atoms with Gasteiger partial charge in [0.2, 0.25) is 5.91 Å². The minimum Gasteiger partial charge on any atom is -0.377 e. The summed E-state index contributed by atoms with van der Waals surface area (Å²) in [7, 11) is 0. The van der Waals surface area contributed by atoms with Crippen LogP contribution in [0.25, 0.3) is 0 Å². The summed E-state index contributed by atoms with van der Waals surface area (Å²) in [6.45, 7) is 8.03. The van der Waals surface area contributed by atoms with Crippen LogP contribution in [-0.4, -0.2) is 72.8 Å². The zero-order chi connectivity index (χ0) is 16.1. The summed E-state index contributed by atoms with van der Waals surface area (Å²) in [5, 5.41) is 7.25. The maximum atomic E-state index is 12.2. The highest BCUT2D eigenvalue weighted by Gasteiger charge is 2.22. The summed E-state index contributed by atoms with van der Waals surface area (Å²) >= 11 is 0. The Hall–Kier alpha value is -0.860. The van der Waals surface area contributed by atoms with E-state index in [0.29, 0.717) is 6.54 Å². The third kappa shape index (κ3) is 6.75. The van der Waals surface area contributed by atoms with Crippen molar-refractivity contribution in [1.29, 1.82) is 0 Å². The Bertz CT molecular complexity index is 515.